The highest BCUT2D eigenvalue weighted by molar-refractivity contribution is 6.00. The van der Waals surface area contributed by atoms with Crippen molar-refractivity contribution in [2.45, 2.75) is 231 Å². The number of furan rings is 1. The first-order valence-electron chi connectivity index (χ1n) is 38.4. The average molecular weight is 1720 g/mol. The summed E-state index contributed by atoms with van der Waals surface area (Å²) in [6.07, 6.45) is 1.59. The van der Waals surface area contributed by atoms with Crippen molar-refractivity contribution in [1.29, 1.82) is 0 Å². The fourth-order valence-electron chi connectivity index (χ4n) is 11.6. The van der Waals surface area contributed by atoms with Crippen molar-refractivity contribution in [1.82, 2.24) is 0 Å². The number of nitro benzene ring substituents is 1. The summed E-state index contributed by atoms with van der Waals surface area (Å²) in [4.78, 5) is 61.3. The fourth-order valence-corrected chi connectivity index (χ4v) is 11.6. The maximum atomic E-state index is 13.6. The smallest absolute Gasteiger partial charge is 0.340 e. The van der Waals surface area contributed by atoms with Crippen LogP contribution in [0.1, 0.15) is 219 Å². The van der Waals surface area contributed by atoms with E-state index in [0.29, 0.717) is 67.5 Å². The number of hydrogen-bond donors (Lipinski definition) is 1. The molecule has 0 saturated heterocycles. The number of rotatable bonds is 8. The summed E-state index contributed by atoms with van der Waals surface area (Å²) in [5.41, 5.74) is 53.2. The van der Waals surface area contributed by atoms with Crippen LogP contribution in [0.5, 0.6) is 11.5 Å². The highest BCUT2D eigenvalue weighted by Crippen LogP contribution is 2.45. The summed E-state index contributed by atoms with van der Waals surface area (Å²) >= 11 is 0. The van der Waals surface area contributed by atoms with Gasteiger partial charge in [-0.3, -0.25) is 10.1 Å². The molecule has 0 amide bonds. The monoisotopic (exact) mass is 1720 g/mol. The first-order chi connectivity index (χ1) is 57.2. The number of aryl methyl sites for hydroxylation is 1. The van der Waals surface area contributed by atoms with Crippen molar-refractivity contribution in [3.05, 3.63) is 300 Å². The molecule has 1 aliphatic heterocycles. The third-order valence-corrected chi connectivity index (χ3v) is 18.4. The zero-order valence-electron chi connectivity index (χ0n) is 74.1. The highest BCUT2D eigenvalue weighted by atomic mass is 19.2. The Labute approximate surface area is 719 Å². The zero-order chi connectivity index (χ0) is 94.0. The molecule has 4 aromatic heterocycles. The number of phenols is 1. The van der Waals surface area contributed by atoms with Gasteiger partial charge in [-0.25, -0.2) is 31.9 Å². The number of fused-ring (bicyclic) bond motifs is 4. The minimum Gasteiger partial charge on any atom is -0.508 e. The maximum absolute atomic E-state index is 13.6. The second-order valence-corrected chi connectivity index (χ2v) is 36.5. The number of azide groups is 6. The molecule has 1 N–H and O–H groups in total. The van der Waals surface area contributed by atoms with Gasteiger partial charge in [-0.05, 0) is 159 Å². The molecule has 125 heavy (non-hydrogen) atoms. The summed E-state index contributed by atoms with van der Waals surface area (Å²) in [5.74, 6) is -5.82. The summed E-state index contributed by atoms with van der Waals surface area (Å²) in [5, 5.41) is 51.7. The van der Waals surface area contributed by atoms with Crippen LogP contribution in [0.15, 0.2) is 207 Å². The van der Waals surface area contributed by atoms with Crippen LogP contribution in [0, 0.1) is 45.7 Å². The van der Waals surface area contributed by atoms with Crippen molar-refractivity contribution < 1.29 is 50.0 Å². The average Bonchev–Trinajstić information content (AvgIpc) is 1.68. The van der Waals surface area contributed by atoms with E-state index in [0.717, 1.165) is 32.7 Å². The van der Waals surface area contributed by atoms with Gasteiger partial charge in [0.1, 0.15) is 28.2 Å². The zero-order valence-corrected chi connectivity index (χ0v) is 74.1. The number of hydrogen-bond acceptors (Lipinski definition) is 19. The van der Waals surface area contributed by atoms with Gasteiger partial charge in [0.15, 0.2) is 40.1 Å². The van der Waals surface area contributed by atoms with Gasteiger partial charge in [0.25, 0.3) is 5.69 Å². The van der Waals surface area contributed by atoms with Crippen molar-refractivity contribution in [2.75, 3.05) is 0 Å². The molecule has 0 unspecified atom stereocenters. The molecular formula is C89H105F4N21O11. The van der Waals surface area contributed by atoms with Crippen molar-refractivity contribution in [3.63, 3.8) is 0 Å². The number of benzene rings is 7. The molecule has 0 spiro atoms. The third-order valence-electron chi connectivity index (χ3n) is 18.4. The van der Waals surface area contributed by atoms with Crippen LogP contribution in [-0.4, -0.2) is 21.3 Å². The number of nitrogens with zero attached hydrogens (tertiary/aromatic N) is 21. The number of halogens is 4. The summed E-state index contributed by atoms with van der Waals surface area (Å²) in [6, 6.07) is 35.9. The van der Waals surface area contributed by atoms with E-state index in [1.807, 2.05) is 166 Å². The van der Waals surface area contributed by atoms with E-state index in [-0.39, 0.29) is 74.0 Å². The Balaban J connectivity index is 0.000000302. The Morgan fingerprint density at radius 3 is 1.30 bits per heavy atom. The number of aromatic hydroxyl groups is 1. The molecule has 12 rings (SSSR count). The van der Waals surface area contributed by atoms with E-state index in [1.54, 1.807) is 66.9 Å². The van der Waals surface area contributed by atoms with Crippen molar-refractivity contribution in [2.24, 2.45) is 46.3 Å². The number of ether oxygens (including phenoxy) is 1. The lowest BCUT2D eigenvalue weighted by atomic mass is 9.84. The number of phenolic OH excluding ortho intramolecular Hbond substituents is 1. The molecule has 0 aliphatic carbocycles. The Hall–Kier alpha value is -14.1. The minimum atomic E-state index is -1.69. The van der Waals surface area contributed by atoms with E-state index in [1.165, 1.54) is 44.5 Å². The lowest BCUT2D eigenvalue weighted by Crippen LogP contribution is -2.25. The molecule has 1 aliphatic rings. The standard InChI is InChI=1S/C15H14O4.C14H15N3O2.C13H13N3O2.C10H9F4N3.C10H12N4O2.C10H13N3O.C10H13N3.C6H12N2.CH4/c1-15(2,3)19-14-12-10(6-7-17-12)8-9-4-5-11(16)18-13(9)14;1-8-10-6-5-9(16-17-15)7-11(10)19-13(18)12(8)14(2,3)4;1-13(2,3)10-6-8-4-5-9(15-16-14)7-11(8)18-12(10)17;1-10(2,3)4-5(11)7(13)9(16-17-15)8(14)6(4)12;1-10(2,3)8-5-4-7(12-13-11)6-9(8)14(15)16;1-10(2,3)8-5-4-7(12-13-11)6-9(8)14;1-10(2,3)8-4-6-9(7-5-8)12-13-11;1-5(2,3)6(4)7-8-6;/h4-8H,1-3H3;5-7H,1-4H3;4-7H,1-3H3;1-3H3;4-6H,1-3H3;4-6,14H,1-3H3;4-7H,1-3H3;1-4H3;1H4. The van der Waals surface area contributed by atoms with Gasteiger partial charge in [-0.1, -0.05) is 256 Å². The Bertz CT molecular complexity index is 6290. The molecular weight excluding hydrogens is 1620 g/mol. The molecule has 0 fully saturated rings. The van der Waals surface area contributed by atoms with E-state index in [9.17, 15) is 47.2 Å². The molecule has 0 saturated carbocycles. The van der Waals surface area contributed by atoms with Crippen LogP contribution in [0.2, 0.25) is 0 Å². The van der Waals surface area contributed by atoms with Crippen LogP contribution >= 0.6 is 0 Å². The maximum Gasteiger partial charge on any atom is 0.340 e. The van der Waals surface area contributed by atoms with Crippen LogP contribution in [0.4, 0.5) is 57.4 Å². The van der Waals surface area contributed by atoms with Gasteiger partial charge in [0.05, 0.1) is 11.2 Å². The van der Waals surface area contributed by atoms with Crippen LogP contribution in [0.3, 0.4) is 0 Å². The molecule has 0 bridgehead atoms. The highest BCUT2D eigenvalue weighted by Gasteiger charge is 2.46. The molecule has 36 heteroatoms. The van der Waals surface area contributed by atoms with Gasteiger partial charge >= 0.3 is 16.9 Å². The van der Waals surface area contributed by atoms with Gasteiger partial charge in [-0.2, -0.15) is 10.2 Å². The molecule has 0 radical (unpaired) electrons. The van der Waals surface area contributed by atoms with Crippen molar-refractivity contribution in [3.8, 4) is 11.5 Å². The van der Waals surface area contributed by atoms with Gasteiger partial charge in [0, 0.05) is 119 Å². The number of nitro groups is 1. The summed E-state index contributed by atoms with van der Waals surface area (Å²) in [7, 11) is 0. The molecule has 660 valence electrons. The second kappa shape index (κ2) is 41.6. The van der Waals surface area contributed by atoms with Crippen LogP contribution < -0.4 is 21.6 Å². The second-order valence-electron chi connectivity index (χ2n) is 36.5. The van der Waals surface area contributed by atoms with Gasteiger partial charge in [-0.15, -0.1) is 0 Å². The molecule has 32 nitrogen and oxygen atoms in total. The largest absolute Gasteiger partial charge is 0.508 e. The normalized spacial score (nSPS) is 11.9. The van der Waals surface area contributed by atoms with Gasteiger partial charge in [0.2, 0.25) is 5.75 Å². The molecule has 11 aromatic rings. The first-order valence-corrected chi connectivity index (χ1v) is 38.4. The van der Waals surface area contributed by atoms with E-state index in [2.05, 4.69) is 112 Å². The predicted octanol–water partition coefficient (Wildman–Crippen LogP) is 30.8. The minimum absolute atomic E-state index is 0. The molecule has 5 heterocycles. The quantitative estimate of drug-likeness (QED) is 0.0218. The van der Waals surface area contributed by atoms with E-state index >= 15 is 0 Å². The first kappa shape index (κ1) is 103. The van der Waals surface area contributed by atoms with Crippen LogP contribution in [0.25, 0.3) is 107 Å². The summed E-state index contributed by atoms with van der Waals surface area (Å²) in [6.45, 7) is 50.4. The molecule has 7 aromatic carbocycles. The lowest BCUT2D eigenvalue weighted by Gasteiger charge is -2.21. The summed E-state index contributed by atoms with van der Waals surface area (Å²) < 4.78 is 81.1. The van der Waals surface area contributed by atoms with E-state index in [4.69, 9.17) is 55.6 Å². The Morgan fingerprint density at radius 1 is 0.448 bits per heavy atom. The predicted molar refractivity (Wildman–Crippen MR) is 481 cm³/mol. The lowest BCUT2D eigenvalue weighted by molar-refractivity contribution is -0.385. The van der Waals surface area contributed by atoms with Gasteiger partial charge < -0.3 is 27.5 Å². The van der Waals surface area contributed by atoms with Crippen LogP contribution in [-0.2, 0) is 32.5 Å². The van der Waals surface area contributed by atoms with Crippen molar-refractivity contribution >= 4 is 83.7 Å². The Kier molecular flexibility index (Phi) is 34.4. The SMILES string of the molecule is C.CC(C)(C)C1(C)N=N1.CC(C)(C)Oc1c2occc2cc2ccc(=O)oc12.CC(C)(C)c1c(F)c(F)c(N=[N+]=[N-])c(F)c1F.CC(C)(C)c1cc2ccc(N=[N+]=[N-])cc2oc1=O.CC(C)(C)c1ccc(N=[N+]=[N-])cc1.CC(C)(C)c1ccc(N=[N+]=[N-])cc1O.CC(C)(C)c1ccc(N=[N+]=[N-])cc1[N+](=O)[O-].Cc1c(C(C)(C)C)c(=O)oc2cc(N=[N+]=[N-])ccc12. The van der Waals surface area contributed by atoms with E-state index < -0.39 is 56.1 Å². The third kappa shape index (κ3) is 28.5. The molecule has 0 atom stereocenters. The Morgan fingerprint density at radius 2 is 0.872 bits per heavy atom. The topological polar surface area (TPSA) is 494 Å². The fraction of sp³-hybridized carbons (Fsp3) is 0.404.